The third kappa shape index (κ3) is 3.01. The van der Waals surface area contributed by atoms with E-state index in [9.17, 15) is 18.4 Å². The number of rotatable bonds is 3. The standard InChI is InChI=1S/C18H10ClF2N5O2/c19-13-2-1-3-14(21)15(13)17(27)24-25-9-22-16-12(18(25)28)8-23-26(16)11-6-4-10(20)5-7-11/h1-9H,(H,24,27). The third-order valence-electron chi connectivity index (χ3n) is 3.97. The summed E-state index contributed by atoms with van der Waals surface area (Å²) >= 11 is 5.86. The van der Waals surface area contributed by atoms with Gasteiger partial charge in [-0.1, -0.05) is 17.7 Å². The van der Waals surface area contributed by atoms with Crippen molar-refractivity contribution >= 4 is 28.5 Å². The Morgan fingerprint density at radius 3 is 2.57 bits per heavy atom. The quantitative estimate of drug-likeness (QED) is 0.572. The highest BCUT2D eigenvalue weighted by molar-refractivity contribution is 6.34. The second-order valence-electron chi connectivity index (χ2n) is 5.73. The molecule has 10 heteroatoms. The summed E-state index contributed by atoms with van der Waals surface area (Å²) in [6.45, 7) is 0. The van der Waals surface area contributed by atoms with Crippen LogP contribution in [0.1, 0.15) is 10.4 Å². The van der Waals surface area contributed by atoms with Crippen LogP contribution in [0.25, 0.3) is 16.7 Å². The first kappa shape index (κ1) is 17.8. The van der Waals surface area contributed by atoms with Crippen LogP contribution in [0.5, 0.6) is 0 Å². The molecule has 4 rings (SSSR count). The zero-order valence-electron chi connectivity index (χ0n) is 13.9. The largest absolute Gasteiger partial charge is 0.283 e. The number of benzene rings is 2. The number of fused-ring (bicyclic) bond motifs is 1. The number of nitrogens with one attached hydrogen (secondary N) is 1. The van der Waals surface area contributed by atoms with E-state index in [0.29, 0.717) is 5.69 Å². The van der Waals surface area contributed by atoms with Crippen molar-refractivity contribution in [3.8, 4) is 5.69 Å². The lowest BCUT2D eigenvalue weighted by molar-refractivity contribution is 0.100. The molecule has 0 aliphatic carbocycles. The van der Waals surface area contributed by atoms with Crippen LogP contribution < -0.4 is 11.0 Å². The van der Waals surface area contributed by atoms with Crippen molar-refractivity contribution in [2.75, 3.05) is 5.43 Å². The molecule has 0 atom stereocenters. The average molecular weight is 402 g/mol. The Morgan fingerprint density at radius 2 is 1.86 bits per heavy atom. The molecular formula is C18H10ClF2N5O2. The van der Waals surface area contributed by atoms with E-state index in [1.54, 1.807) is 0 Å². The lowest BCUT2D eigenvalue weighted by Gasteiger charge is -2.09. The first-order valence-corrected chi connectivity index (χ1v) is 8.30. The van der Waals surface area contributed by atoms with E-state index in [0.717, 1.165) is 17.1 Å². The van der Waals surface area contributed by atoms with Crippen LogP contribution in [0.2, 0.25) is 5.02 Å². The molecule has 2 aromatic carbocycles. The van der Waals surface area contributed by atoms with Crippen molar-refractivity contribution in [3.63, 3.8) is 0 Å². The molecule has 2 heterocycles. The van der Waals surface area contributed by atoms with E-state index in [-0.39, 0.29) is 16.1 Å². The molecule has 0 aliphatic rings. The predicted octanol–water partition coefficient (Wildman–Crippen LogP) is 2.90. The van der Waals surface area contributed by atoms with Crippen LogP contribution in [0, 0.1) is 11.6 Å². The molecule has 0 spiro atoms. The minimum Gasteiger partial charge on any atom is -0.267 e. The smallest absolute Gasteiger partial charge is 0.267 e. The summed E-state index contributed by atoms with van der Waals surface area (Å²) in [5, 5.41) is 4.10. The van der Waals surface area contributed by atoms with Gasteiger partial charge in [-0.3, -0.25) is 15.0 Å². The molecule has 0 bridgehead atoms. The molecule has 1 amide bonds. The van der Waals surface area contributed by atoms with Gasteiger partial charge >= 0.3 is 0 Å². The highest BCUT2D eigenvalue weighted by Crippen LogP contribution is 2.19. The number of hydrogen-bond donors (Lipinski definition) is 1. The van der Waals surface area contributed by atoms with E-state index in [4.69, 9.17) is 11.6 Å². The summed E-state index contributed by atoms with van der Waals surface area (Å²) < 4.78 is 29.2. The van der Waals surface area contributed by atoms with Gasteiger partial charge in [-0.25, -0.2) is 23.1 Å². The van der Waals surface area contributed by atoms with Crippen LogP contribution in [0.15, 0.2) is 59.8 Å². The van der Waals surface area contributed by atoms with E-state index in [1.807, 2.05) is 0 Å². The normalized spacial score (nSPS) is 11.0. The van der Waals surface area contributed by atoms with Crippen molar-refractivity contribution < 1.29 is 13.6 Å². The molecule has 0 fully saturated rings. The summed E-state index contributed by atoms with van der Waals surface area (Å²) in [4.78, 5) is 29.1. The number of halogens is 3. The first-order valence-electron chi connectivity index (χ1n) is 7.92. The van der Waals surface area contributed by atoms with Crippen LogP contribution >= 0.6 is 11.6 Å². The van der Waals surface area contributed by atoms with Gasteiger partial charge in [0.25, 0.3) is 11.5 Å². The van der Waals surface area contributed by atoms with E-state index < -0.39 is 28.7 Å². The highest BCUT2D eigenvalue weighted by atomic mass is 35.5. The van der Waals surface area contributed by atoms with E-state index >= 15 is 0 Å². The number of aromatic nitrogens is 4. The molecule has 28 heavy (non-hydrogen) atoms. The molecular weight excluding hydrogens is 392 g/mol. The molecule has 0 aliphatic heterocycles. The van der Waals surface area contributed by atoms with Gasteiger partial charge < -0.3 is 0 Å². The summed E-state index contributed by atoms with van der Waals surface area (Å²) in [6, 6.07) is 9.27. The fraction of sp³-hybridized carbons (Fsp3) is 0. The van der Waals surface area contributed by atoms with Gasteiger partial charge in [0.1, 0.15) is 23.3 Å². The molecule has 1 N–H and O–H groups in total. The number of nitrogens with zero attached hydrogens (tertiary/aromatic N) is 4. The topological polar surface area (TPSA) is 81.8 Å². The SMILES string of the molecule is O=C(Nn1cnc2c(cnn2-c2ccc(F)cc2)c1=O)c1c(F)cccc1Cl. The van der Waals surface area contributed by atoms with Crippen LogP contribution in [0.3, 0.4) is 0 Å². The van der Waals surface area contributed by atoms with Crippen molar-refractivity contribution in [1.82, 2.24) is 19.4 Å². The Kier molecular flexibility index (Phi) is 4.36. The van der Waals surface area contributed by atoms with Crippen LogP contribution in [-0.2, 0) is 0 Å². The van der Waals surface area contributed by atoms with E-state index in [2.05, 4.69) is 15.5 Å². The first-order chi connectivity index (χ1) is 13.5. The molecule has 0 unspecified atom stereocenters. The molecule has 0 radical (unpaired) electrons. The summed E-state index contributed by atoms with van der Waals surface area (Å²) in [5.41, 5.74) is 1.95. The highest BCUT2D eigenvalue weighted by Gasteiger charge is 2.18. The fourth-order valence-corrected chi connectivity index (χ4v) is 2.89. The lowest BCUT2D eigenvalue weighted by atomic mass is 10.2. The van der Waals surface area contributed by atoms with Gasteiger partial charge in [-0.05, 0) is 36.4 Å². The Balaban J connectivity index is 1.72. The zero-order chi connectivity index (χ0) is 19.8. The van der Waals surface area contributed by atoms with Gasteiger partial charge in [0.2, 0.25) is 0 Å². The summed E-state index contributed by atoms with van der Waals surface area (Å²) in [5.74, 6) is -2.14. The minimum atomic E-state index is -0.905. The molecule has 2 aromatic heterocycles. The summed E-state index contributed by atoms with van der Waals surface area (Å²) in [6.07, 6.45) is 2.34. The maximum Gasteiger partial charge on any atom is 0.283 e. The number of amides is 1. The molecule has 140 valence electrons. The maximum absolute atomic E-state index is 13.9. The average Bonchev–Trinajstić information content (AvgIpc) is 3.09. The zero-order valence-corrected chi connectivity index (χ0v) is 14.7. The second kappa shape index (κ2) is 6.86. The van der Waals surface area contributed by atoms with E-state index in [1.165, 1.54) is 47.3 Å². The van der Waals surface area contributed by atoms with Crippen molar-refractivity contribution in [2.45, 2.75) is 0 Å². The predicted molar refractivity (Wildman–Crippen MR) is 98.2 cm³/mol. The van der Waals surface area contributed by atoms with Gasteiger partial charge in [0.05, 0.1) is 22.5 Å². The number of carbonyl (C=O) groups excluding carboxylic acids is 1. The number of carbonyl (C=O) groups is 1. The van der Waals surface area contributed by atoms with Crippen molar-refractivity contribution in [2.24, 2.45) is 0 Å². The molecule has 0 saturated carbocycles. The van der Waals surface area contributed by atoms with Crippen LogP contribution in [0.4, 0.5) is 8.78 Å². The van der Waals surface area contributed by atoms with Gasteiger partial charge in [-0.15, -0.1) is 0 Å². The fourth-order valence-electron chi connectivity index (χ4n) is 2.64. The Hall–Kier alpha value is -3.59. The lowest BCUT2D eigenvalue weighted by Crippen LogP contribution is -2.33. The minimum absolute atomic E-state index is 0.0938. The van der Waals surface area contributed by atoms with Gasteiger partial charge in [0, 0.05) is 0 Å². The number of hydrogen-bond acceptors (Lipinski definition) is 4. The van der Waals surface area contributed by atoms with Crippen molar-refractivity contribution in [1.29, 1.82) is 0 Å². The monoisotopic (exact) mass is 401 g/mol. The molecule has 0 saturated heterocycles. The Morgan fingerprint density at radius 1 is 1.11 bits per heavy atom. The van der Waals surface area contributed by atoms with Gasteiger partial charge in [0.15, 0.2) is 5.65 Å². The Bertz CT molecular complexity index is 1250. The van der Waals surface area contributed by atoms with Crippen LogP contribution in [-0.4, -0.2) is 25.3 Å². The van der Waals surface area contributed by atoms with Gasteiger partial charge in [-0.2, -0.15) is 5.10 Å². The Labute approximate surface area is 160 Å². The summed E-state index contributed by atoms with van der Waals surface area (Å²) in [7, 11) is 0. The van der Waals surface area contributed by atoms with Crippen molar-refractivity contribution in [3.05, 3.63) is 87.6 Å². The molecule has 4 aromatic rings. The second-order valence-corrected chi connectivity index (χ2v) is 6.13. The molecule has 7 nitrogen and oxygen atoms in total. The maximum atomic E-state index is 13.9. The third-order valence-corrected chi connectivity index (χ3v) is 4.29.